The van der Waals surface area contributed by atoms with Crippen molar-refractivity contribution in [2.24, 2.45) is 5.92 Å². The molecule has 0 unspecified atom stereocenters. The molecule has 0 bridgehead atoms. The molecular weight excluding hydrogens is 324 g/mol. The number of benzene rings is 1. The minimum Gasteiger partial charge on any atom is -0.352 e. The van der Waals surface area contributed by atoms with Gasteiger partial charge in [-0.3, -0.25) is 9.10 Å². The maximum absolute atomic E-state index is 12.3. The molecule has 1 aliphatic heterocycles. The number of carbonyl (C=O) groups excluding carboxylic acids is 1. The summed E-state index contributed by atoms with van der Waals surface area (Å²) in [5.41, 5.74) is 1.21. The zero-order valence-electron chi connectivity index (χ0n) is 14.6. The van der Waals surface area contributed by atoms with Crippen LogP contribution in [-0.4, -0.2) is 33.2 Å². The van der Waals surface area contributed by atoms with Crippen LogP contribution < -0.4 is 9.62 Å². The molecule has 134 valence electrons. The summed E-state index contributed by atoms with van der Waals surface area (Å²) in [4.78, 5) is 12.3. The van der Waals surface area contributed by atoms with Crippen molar-refractivity contribution in [3.8, 4) is 0 Å². The fraction of sp³-hybridized carbons (Fsp3) is 0.611. The predicted molar refractivity (Wildman–Crippen MR) is 97.8 cm³/mol. The van der Waals surface area contributed by atoms with E-state index < -0.39 is 10.0 Å². The summed E-state index contributed by atoms with van der Waals surface area (Å²) in [7, 11) is -3.17. The first-order valence-electron chi connectivity index (χ1n) is 8.86. The van der Waals surface area contributed by atoms with Gasteiger partial charge in [-0.05, 0) is 43.0 Å². The van der Waals surface area contributed by atoms with Gasteiger partial charge in [0, 0.05) is 18.7 Å². The highest BCUT2D eigenvalue weighted by molar-refractivity contribution is 7.93. The molecule has 0 aliphatic carbocycles. The second-order valence-electron chi connectivity index (χ2n) is 6.42. The fourth-order valence-electron chi connectivity index (χ4n) is 2.99. The molecule has 5 nitrogen and oxygen atoms in total. The molecule has 1 aliphatic rings. The Bertz CT molecular complexity index is 641. The first kappa shape index (κ1) is 18.8. The minimum atomic E-state index is -3.17. The number of nitrogens with zero attached hydrogens (tertiary/aromatic N) is 1. The van der Waals surface area contributed by atoms with Crippen LogP contribution in [0, 0.1) is 5.92 Å². The van der Waals surface area contributed by atoms with Crippen LogP contribution in [0.15, 0.2) is 24.3 Å². The molecule has 1 aromatic carbocycles. The number of unbranched alkanes of at least 4 members (excludes halogenated alkanes) is 1. The number of sulfonamides is 1. The van der Waals surface area contributed by atoms with Crippen molar-refractivity contribution in [3.05, 3.63) is 29.8 Å². The third-order valence-corrected chi connectivity index (χ3v) is 6.48. The van der Waals surface area contributed by atoms with Gasteiger partial charge >= 0.3 is 0 Å². The van der Waals surface area contributed by atoms with Gasteiger partial charge in [0.05, 0.1) is 11.4 Å². The van der Waals surface area contributed by atoms with Crippen molar-refractivity contribution in [1.82, 2.24) is 5.32 Å². The van der Waals surface area contributed by atoms with Crippen LogP contribution in [0.2, 0.25) is 0 Å². The maximum Gasteiger partial charge on any atom is 0.251 e. The van der Waals surface area contributed by atoms with E-state index in [1.165, 1.54) is 17.1 Å². The highest BCUT2D eigenvalue weighted by Gasteiger charge is 2.28. The zero-order valence-corrected chi connectivity index (χ0v) is 15.4. The first-order valence-corrected chi connectivity index (χ1v) is 10.5. The largest absolute Gasteiger partial charge is 0.352 e. The third kappa shape index (κ3) is 4.72. The Morgan fingerprint density at radius 2 is 1.96 bits per heavy atom. The van der Waals surface area contributed by atoms with Crippen molar-refractivity contribution in [2.45, 2.75) is 46.0 Å². The molecular formula is C18H28N2O3S. The van der Waals surface area contributed by atoms with Gasteiger partial charge in [-0.25, -0.2) is 8.42 Å². The lowest BCUT2D eigenvalue weighted by Crippen LogP contribution is -2.29. The second kappa shape index (κ2) is 8.51. The summed E-state index contributed by atoms with van der Waals surface area (Å²) >= 11 is 0. The third-order valence-electron chi connectivity index (χ3n) is 4.61. The summed E-state index contributed by atoms with van der Waals surface area (Å²) in [6.45, 7) is 5.53. The molecule has 1 amide bonds. The van der Waals surface area contributed by atoms with Gasteiger partial charge in [-0.2, -0.15) is 0 Å². The Morgan fingerprint density at radius 3 is 2.50 bits per heavy atom. The molecule has 0 radical (unpaired) electrons. The molecule has 6 heteroatoms. The van der Waals surface area contributed by atoms with Crippen molar-refractivity contribution in [2.75, 3.05) is 23.1 Å². The van der Waals surface area contributed by atoms with Crippen LogP contribution >= 0.6 is 0 Å². The van der Waals surface area contributed by atoms with Crippen LogP contribution in [0.25, 0.3) is 0 Å². The second-order valence-corrected chi connectivity index (χ2v) is 8.43. The van der Waals surface area contributed by atoms with Gasteiger partial charge in [0.2, 0.25) is 10.0 Å². The number of hydrogen-bond donors (Lipinski definition) is 1. The molecule has 1 fully saturated rings. The molecule has 1 atom stereocenters. The standard InChI is InChI=1S/C18H28N2O3S/c1-3-5-7-15(4-2)14-19-18(21)16-8-10-17(11-9-16)20-12-6-13-24(20,22)23/h8-11,15H,3-7,12-14H2,1-2H3,(H,19,21)/t15-/m0/s1. The Balaban J connectivity index is 1.94. The van der Waals surface area contributed by atoms with Gasteiger partial charge in [0.15, 0.2) is 0 Å². The monoisotopic (exact) mass is 352 g/mol. The molecule has 0 aromatic heterocycles. The minimum absolute atomic E-state index is 0.0965. The Labute approximate surface area is 145 Å². The molecule has 24 heavy (non-hydrogen) atoms. The van der Waals surface area contributed by atoms with E-state index in [2.05, 4.69) is 19.2 Å². The van der Waals surface area contributed by atoms with Gasteiger partial charge in [0.1, 0.15) is 0 Å². The van der Waals surface area contributed by atoms with E-state index in [4.69, 9.17) is 0 Å². The molecule has 1 aromatic rings. The fourth-order valence-corrected chi connectivity index (χ4v) is 4.56. The predicted octanol–water partition coefficient (Wildman–Crippen LogP) is 3.17. The topological polar surface area (TPSA) is 66.5 Å². The van der Waals surface area contributed by atoms with Gasteiger partial charge in [-0.15, -0.1) is 0 Å². The number of anilines is 1. The lowest BCUT2D eigenvalue weighted by Gasteiger charge is -2.17. The van der Waals surface area contributed by atoms with Crippen LogP contribution in [-0.2, 0) is 10.0 Å². The number of rotatable bonds is 8. The normalized spacial score (nSPS) is 17.7. The summed E-state index contributed by atoms with van der Waals surface area (Å²) in [6, 6.07) is 6.83. The number of amides is 1. The van der Waals surface area contributed by atoms with E-state index in [9.17, 15) is 13.2 Å². The molecule has 0 saturated carbocycles. The zero-order chi connectivity index (χ0) is 17.6. The maximum atomic E-state index is 12.3. The summed E-state index contributed by atoms with van der Waals surface area (Å²) < 4.78 is 25.3. The molecule has 1 heterocycles. The van der Waals surface area contributed by atoms with Crippen molar-refractivity contribution >= 4 is 21.6 Å². The summed E-state index contributed by atoms with van der Waals surface area (Å²) in [5.74, 6) is 0.620. The highest BCUT2D eigenvalue weighted by Crippen LogP contribution is 2.24. The van der Waals surface area contributed by atoms with E-state index in [1.54, 1.807) is 24.3 Å². The SMILES string of the molecule is CCCC[C@H](CC)CNC(=O)c1ccc(N2CCCS2(=O)=O)cc1. The smallest absolute Gasteiger partial charge is 0.251 e. The van der Waals surface area contributed by atoms with Crippen LogP contribution in [0.3, 0.4) is 0 Å². The van der Waals surface area contributed by atoms with Gasteiger partial charge in [0.25, 0.3) is 5.91 Å². The Hall–Kier alpha value is -1.56. The van der Waals surface area contributed by atoms with E-state index in [0.29, 0.717) is 36.7 Å². The van der Waals surface area contributed by atoms with Crippen molar-refractivity contribution in [1.29, 1.82) is 0 Å². The van der Waals surface area contributed by atoms with E-state index >= 15 is 0 Å². The molecule has 1 N–H and O–H groups in total. The molecule has 0 spiro atoms. The number of carbonyl (C=O) groups is 1. The van der Waals surface area contributed by atoms with Crippen LogP contribution in [0.5, 0.6) is 0 Å². The van der Waals surface area contributed by atoms with E-state index in [0.717, 1.165) is 12.8 Å². The van der Waals surface area contributed by atoms with Crippen LogP contribution in [0.4, 0.5) is 5.69 Å². The summed E-state index contributed by atoms with van der Waals surface area (Å²) in [6.07, 6.45) is 5.21. The van der Waals surface area contributed by atoms with Crippen molar-refractivity contribution < 1.29 is 13.2 Å². The van der Waals surface area contributed by atoms with Crippen LogP contribution in [0.1, 0.15) is 56.3 Å². The first-order chi connectivity index (χ1) is 11.5. The number of nitrogens with one attached hydrogen (secondary N) is 1. The van der Waals surface area contributed by atoms with Gasteiger partial charge < -0.3 is 5.32 Å². The average Bonchev–Trinajstić information content (AvgIpc) is 2.94. The van der Waals surface area contributed by atoms with E-state index in [1.807, 2.05) is 0 Å². The molecule has 2 rings (SSSR count). The van der Waals surface area contributed by atoms with Crippen molar-refractivity contribution in [3.63, 3.8) is 0 Å². The Morgan fingerprint density at radius 1 is 1.25 bits per heavy atom. The van der Waals surface area contributed by atoms with E-state index in [-0.39, 0.29) is 11.7 Å². The lowest BCUT2D eigenvalue weighted by molar-refractivity contribution is 0.0946. The number of hydrogen-bond acceptors (Lipinski definition) is 3. The lowest BCUT2D eigenvalue weighted by atomic mass is 9.99. The quantitative estimate of drug-likeness (QED) is 0.781. The summed E-state index contributed by atoms with van der Waals surface area (Å²) in [5, 5.41) is 2.99. The molecule has 1 saturated heterocycles. The average molecular weight is 353 g/mol. The highest BCUT2D eigenvalue weighted by atomic mass is 32.2. The Kier molecular flexibility index (Phi) is 6.66. The van der Waals surface area contributed by atoms with Gasteiger partial charge in [-0.1, -0.05) is 33.1 Å².